The van der Waals surface area contributed by atoms with Crippen LogP contribution in [0.2, 0.25) is 0 Å². The average molecular weight is 361 g/mol. The van der Waals surface area contributed by atoms with Crippen molar-refractivity contribution in [2.75, 3.05) is 19.6 Å². The molecule has 1 N–H and O–H groups in total. The number of benzene rings is 1. The number of fused-ring (bicyclic) bond motifs is 3. The summed E-state index contributed by atoms with van der Waals surface area (Å²) in [4.78, 5) is 7.00. The topological polar surface area (TPSA) is 36.4 Å². The molecule has 0 saturated carbocycles. The monoisotopic (exact) mass is 360 g/mol. The van der Waals surface area contributed by atoms with Crippen molar-refractivity contribution in [1.29, 1.82) is 0 Å². The van der Waals surface area contributed by atoms with Crippen molar-refractivity contribution in [2.45, 2.75) is 44.6 Å². The molecule has 2 bridgehead atoms. The molecule has 3 aliphatic heterocycles. The molecule has 0 amide bonds. The molecule has 3 fully saturated rings. The smallest absolute Gasteiger partial charge is 0.141 e. The Morgan fingerprint density at radius 2 is 1.96 bits per heavy atom. The molecule has 1 aromatic heterocycles. The fourth-order valence-corrected chi connectivity index (χ4v) is 4.40. The number of pyridine rings is 1. The second-order valence-electron chi connectivity index (χ2n) is 7.99. The fourth-order valence-electron chi connectivity index (χ4n) is 4.40. The first kappa shape index (κ1) is 18.2. The lowest BCUT2D eigenvalue weighted by molar-refractivity contribution is -0.0713. The van der Waals surface area contributed by atoms with Crippen molar-refractivity contribution in [3.05, 3.63) is 65.0 Å². The lowest BCUT2D eigenvalue weighted by Crippen LogP contribution is -2.58. The Balaban J connectivity index is 1.64. The Labute approximate surface area is 162 Å². The van der Waals surface area contributed by atoms with Crippen LogP contribution in [0, 0.1) is 17.8 Å². The molecule has 0 aliphatic carbocycles. The molecule has 27 heavy (non-hydrogen) atoms. The van der Waals surface area contributed by atoms with E-state index in [9.17, 15) is 5.11 Å². The van der Waals surface area contributed by atoms with Crippen molar-refractivity contribution >= 4 is 0 Å². The maximum Gasteiger partial charge on any atom is 0.141 e. The molecule has 3 saturated heterocycles. The number of aliphatic hydroxyl groups is 1. The fraction of sp³-hybridized carbons (Fsp3) is 0.458. The molecule has 1 unspecified atom stereocenters. The zero-order valence-electron chi connectivity index (χ0n) is 16.1. The molecule has 3 nitrogen and oxygen atoms in total. The number of rotatable bonds is 4. The van der Waals surface area contributed by atoms with Gasteiger partial charge in [0.15, 0.2) is 0 Å². The van der Waals surface area contributed by atoms with Crippen LogP contribution in [0.15, 0.2) is 42.6 Å². The van der Waals surface area contributed by atoms with Crippen LogP contribution >= 0.6 is 0 Å². The lowest BCUT2D eigenvalue weighted by atomic mass is 9.76. The Morgan fingerprint density at radius 3 is 2.63 bits per heavy atom. The predicted octanol–water partition coefficient (Wildman–Crippen LogP) is 3.43. The Bertz CT molecular complexity index is 844. The molecular weight excluding hydrogens is 332 g/mol. The second-order valence-corrected chi connectivity index (χ2v) is 7.99. The first-order valence-electron chi connectivity index (χ1n) is 10.2. The Kier molecular flexibility index (Phi) is 5.29. The van der Waals surface area contributed by atoms with E-state index in [1.165, 1.54) is 11.1 Å². The van der Waals surface area contributed by atoms with E-state index in [4.69, 9.17) is 0 Å². The van der Waals surface area contributed by atoms with Crippen molar-refractivity contribution in [3.63, 3.8) is 0 Å². The highest BCUT2D eigenvalue weighted by molar-refractivity contribution is 5.42. The molecule has 5 rings (SSSR count). The van der Waals surface area contributed by atoms with Gasteiger partial charge in [0, 0.05) is 25.1 Å². The average Bonchev–Trinajstić information content (AvgIpc) is 2.69. The minimum Gasteiger partial charge on any atom is -0.376 e. The first-order valence-corrected chi connectivity index (χ1v) is 10.2. The third kappa shape index (κ3) is 4.08. The van der Waals surface area contributed by atoms with Crippen LogP contribution in [0.1, 0.15) is 48.6 Å². The van der Waals surface area contributed by atoms with E-state index >= 15 is 0 Å². The summed E-state index contributed by atoms with van der Waals surface area (Å²) in [5.41, 5.74) is 3.60. The van der Waals surface area contributed by atoms with Gasteiger partial charge in [-0.15, -0.1) is 0 Å². The highest BCUT2D eigenvalue weighted by atomic mass is 16.3. The van der Waals surface area contributed by atoms with Crippen LogP contribution in [-0.2, 0) is 12.8 Å². The van der Waals surface area contributed by atoms with E-state index in [1.807, 2.05) is 12.3 Å². The van der Waals surface area contributed by atoms with Crippen molar-refractivity contribution in [3.8, 4) is 11.8 Å². The standard InChI is InChI=1S/C24H28N2O/c1-2-6-20-16-21(15-19-7-4-3-5-8-19)23(25-17-20)9-12-24(27)18-26-13-10-22(24)11-14-26/h3-5,7-8,16-17,22,27H,2,6,10-11,13-15,18H2,1H3. The second kappa shape index (κ2) is 7.84. The van der Waals surface area contributed by atoms with Gasteiger partial charge in [0.25, 0.3) is 0 Å². The summed E-state index contributed by atoms with van der Waals surface area (Å²) in [6.45, 7) is 5.05. The van der Waals surface area contributed by atoms with Gasteiger partial charge >= 0.3 is 0 Å². The number of aryl methyl sites for hydroxylation is 1. The number of piperidine rings is 3. The minimum absolute atomic E-state index is 0.298. The summed E-state index contributed by atoms with van der Waals surface area (Å²) >= 11 is 0. The highest BCUT2D eigenvalue weighted by Crippen LogP contribution is 2.35. The van der Waals surface area contributed by atoms with Crippen LogP contribution in [-0.4, -0.2) is 40.2 Å². The molecule has 1 atom stereocenters. The number of hydrogen-bond acceptors (Lipinski definition) is 3. The molecule has 4 heterocycles. The van der Waals surface area contributed by atoms with Crippen molar-refractivity contribution < 1.29 is 5.11 Å². The van der Waals surface area contributed by atoms with E-state index in [0.29, 0.717) is 12.5 Å². The quantitative estimate of drug-likeness (QED) is 0.849. The summed E-state index contributed by atoms with van der Waals surface area (Å²) in [5.74, 6) is 6.78. The summed E-state index contributed by atoms with van der Waals surface area (Å²) in [6.07, 6.45) is 7.00. The molecule has 140 valence electrons. The first-order chi connectivity index (χ1) is 13.2. The summed E-state index contributed by atoms with van der Waals surface area (Å²) < 4.78 is 0. The van der Waals surface area contributed by atoms with Crippen LogP contribution in [0.3, 0.4) is 0 Å². The number of nitrogens with zero attached hydrogens (tertiary/aromatic N) is 2. The van der Waals surface area contributed by atoms with Gasteiger partial charge in [-0.2, -0.15) is 0 Å². The number of aromatic nitrogens is 1. The summed E-state index contributed by atoms with van der Waals surface area (Å²) in [6, 6.07) is 12.7. The molecule has 0 radical (unpaired) electrons. The Morgan fingerprint density at radius 1 is 1.19 bits per heavy atom. The largest absolute Gasteiger partial charge is 0.376 e. The van der Waals surface area contributed by atoms with Crippen LogP contribution in [0.4, 0.5) is 0 Å². The van der Waals surface area contributed by atoms with E-state index in [1.54, 1.807) is 0 Å². The minimum atomic E-state index is -0.885. The molecule has 0 spiro atoms. The zero-order chi connectivity index (χ0) is 18.7. The van der Waals surface area contributed by atoms with Gasteiger partial charge < -0.3 is 5.11 Å². The normalized spacial score (nSPS) is 26.4. The van der Waals surface area contributed by atoms with Gasteiger partial charge in [-0.25, -0.2) is 4.98 Å². The van der Waals surface area contributed by atoms with Gasteiger partial charge in [0.05, 0.1) is 0 Å². The number of hydrogen-bond donors (Lipinski definition) is 1. The predicted molar refractivity (Wildman–Crippen MR) is 108 cm³/mol. The van der Waals surface area contributed by atoms with E-state index < -0.39 is 5.60 Å². The molecular formula is C24H28N2O. The lowest BCUT2D eigenvalue weighted by Gasteiger charge is -2.47. The van der Waals surface area contributed by atoms with Gasteiger partial charge in [0.2, 0.25) is 0 Å². The van der Waals surface area contributed by atoms with Gasteiger partial charge in [-0.05, 0) is 55.0 Å². The van der Waals surface area contributed by atoms with Crippen molar-refractivity contribution in [2.24, 2.45) is 5.92 Å². The van der Waals surface area contributed by atoms with E-state index in [0.717, 1.165) is 56.5 Å². The molecule has 3 aliphatic rings. The third-order valence-corrected chi connectivity index (χ3v) is 5.92. The van der Waals surface area contributed by atoms with E-state index in [-0.39, 0.29) is 0 Å². The van der Waals surface area contributed by atoms with Gasteiger partial charge in [-0.1, -0.05) is 55.7 Å². The zero-order valence-corrected chi connectivity index (χ0v) is 16.1. The maximum absolute atomic E-state index is 11.1. The third-order valence-electron chi connectivity index (χ3n) is 5.92. The maximum atomic E-state index is 11.1. The SMILES string of the molecule is CCCc1cnc(C#CC2(O)CN3CCC2CC3)c(Cc2ccccc2)c1. The van der Waals surface area contributed by atoms with Crippen LogP contribution in [0.5, 0.6) is 0 Å². The summed E-state index contributed by atoms with van der Waals surface area (Å²) in [7, 11) is 0. The molecule has 3 heteroatoms. The molecule has 1 aromatic carbocycles. The molecule has 2 aromatic rings. The van der Waals surface area contributed by atoms with Crippen LogP contribution in [0.25, 0.3) is 0 Å². The van der Waals surface area contributed by atoms with Gasteiger partial charge in [-0.3, -0.25) is 4.90 Å². The summed E-state index contributed by atoms with van der Waals surface area (Å²) in [5, 5.41) is 11.1. The Hall–Kier alpha value is -2.15. The highest BCUT2D eigenvalue weighted by Gasteiger charge is 2.44. The van der Waals surface area contributed by atoms with Crippen molar-refractivity contribution in [1.82, 2.24) is 9.88 Å². The van der Waals surface area contributed by atoms with Crippen LogP contribution < -0.4 is 0 Å². The van der Waals surface area contributed by atoms with E-state index in [2.05, 4.69) is 59.0 Å². The van der Waals surface area contributed by atoms with Gasteiger partial charge in [0.1, 0.15) is 11.3 Å².